The van der Waals surface area contributed by atoms with E-state index < -0.39 is 10.0 Å². The fourth-order valence-corrected chi connectivity index (χ4v) is 4.84. The third-order valence-electron chi connectivity index (χ3n) is 4.60. The highest BCUT2D eigenvalue weighted by atomic mass is 35.5. The lowest BCUT2D eigenvalue weighted by molar-refractivity contribution is -0.115. The first kappa shape index (κ1) is 24.0. The molecule has 32 heavy (non-hydrogen) atoms. The lowest BCUT2D eigenvalue weighted by Gasteiger charge is -2.13. The van der Waals surface area contributed by atoms with Gasteiger partial charge in [0, 0.05) is 15.6 Å². The zero-order valence-corrected chi connectivity index (χ0v) is 20.1. The van der Waals surface area contributed by atoms with Crippen molar-refractivity contribution in [3.63, 3.8) is 0 Å². The summed E-state index contributed by atoms with van der Waals surface area (Å²) < 4.78 is 32.9. The molecule has 0 fully saturated rings. The molecule has 1 amide bonds. The molecule has 0 unspecified atom stereocenters. The van der Waals surface area contributed by atoms with Crippen molar-refractivity contribution in [2.24, 2.45) is 0 Å². The smallest absolute Gasteiger partial charge is 0.261 e. The predicted molar refractivity (Wildman–Crippen MR) is 130 cm³/mol. The first-order valence-electron chi connectivity index (χ1n) is 9.68. The van der Waals surface area contributed by atoms with Crippen LogP contribution in [-0.4, -0.2) is 26.7 Å². The second-order valence-corrected chi connectivity index (χ2v) is 10.5. The molecule has 0 radical (unpaired) electrons. The summed E-state index contributed by atoms with van der Waals surface area (Å²) in [5.74, 6) is 0.565. The van der Waals surface area contributed by atoms with Crippen molar-refractivity contribution < 1.29 is 17.9 Å². The van der Waals surface area contributed by atoms with Gasteiger partial charge in [0.1, 0.15) is 5.75 Å². The zero-order valence-electron chi connectivity index (χ0n) is 17.8. The topological polar surface area (TPSA) is 84.5 Å². The number of halogens is 1. The molecule has 0 bridgehead atoms. The summed E-state index contributed by atoms with van der Waals surface area (Å²) in [7, 11) is -2.19. The first-order valence-corrected chi connectivity index (χ1v) is 12.4. The van der Waals surface area contributed by atoms with Gasteiger partial charge in [0.15, 0.2) is 0 Å². The van der Waals surface area contributed by atoms with E-state index in [0.717, 1.165) is 16.2 Å². The van der Waals surface area contributed by atoms with Gasteiger partial charge in [-0.25, -0.2) is 8.42 Å². The average molecular weight is 491 g/mol. The minimum Gasteiger partial charge on any atom is -0.497 e. The summed E-state index contributed by atoms with van der Waals surface area (Å²) in [5, 5.41) is 2.94. The van der Waals surface area contributed by atoms with Crippen LogP contribution in [0.15, 0.2) is 76.5 Å². The predicted octanol–water partition coefficient (Wildman–Crippen LogP) is 5.58. The van der Waals surface area contributed by atoms with Crippen LogP contribution in [-0.2, 0) is 14.8 Å². The van der Waals surface area contributed by atoms with Gasteiger partial charge in [-0.15, -0.1) is 11.8 Å². The summed E-state index contributed by atoms with van der Waals surface area (Å²) in [5.41, 5.74) is 1.74. The van der Waals surface area contributed by atoms with Crippen LogP contribution >= 0.6 is 23.4 Å². The Morgan fingerprint density at radius 2 is 1.62 bits per heavy atom. The number of ether oxygens (including phenoxy) is 1. The SMILES string of the molecule is COc1ccc(S[C@@H](C)C(=O)Nc2ccc(S(=O)(=O)Nc3ccc(C)c(Cl)c3)cc2)cc1. The van der Waals surface area contributed by atoms with Crippen LogP contribution in [0.1, 0.15) is 12.5 Å². The fourth-order valence-electron chi connectivity index (χ4n) is 2.74. The van der Waals surface area contributed by atoms with Crippen molar-refractivity contribution in [1.82, 2.24) is 0 Å². The second-order valence-electron chi connectivity index (χ2n) is 7.02. The Kier molecular flexibility index (Phi) is 7.71. The van der Waals surface area contributed by atoms with E-state index in [1.807, 2.05) is 31.2 Å². The van der Waals surface area contributed by atoms with E-state index in [4.69, 9.17) is 16.3 Å². The van der Waals surface area contributed by atoms with Gasteiger partial charge in [-0.05, 0) is 80.1 Å². The summed E-state index contributed by atoms with van der Waals surface area (Å²) in [4.78, 5) is 13.5. The maximum Gasteiger partial charge on any atom is 0.261 e. The van der Waals surface area contributed by atoms with E-state index in [1.54, 1.807) is 44.4 Å². The van der Waals surface area contributed by atoms with Crippen molar-refractivity contribution in [1.29, 1.82) is 0 Å². The summed E-state index contributed by atoms with van der Waals surface area (Å²) >= 11 is 7.48. The van der Waals surface area contributed by atoms with Crippen LogP contribution < -0.4 is 14.8 Å². The van der Waals surface area contributed by atoms with Gasteiger partial charge >= 0.3 is 0 Å². The molecule has 0 spiro atoms. The normalized spacial score (nSPS) is 12.1. The molecule has 0 aliphatic rings. The second kappa shape index (κ2) is 10.3. The van der Waals surface area contributed by atoms with Crippen LogP contribution in [0.4, 0.5) is 11.4 Å². The number of methoxy groups -OCH3 is 1. The molecule has 9 heteroatoms. The van der Waals surface area contributed by atoms with Gasteiger partial charge in [0.05, 0.1) is 22.9 Å². The van der Waals surface area contributed by atoms with Crippen molar-refractivity contribution in [3.8, 4) is 5.75 Å². The highest BCUT2D eigenvalue weighted by Gasteiger charge is 2.17. The molecule has 3 aromatic carbocycles. The number of anilines is 2. The number of hydrogen-bond donors (Lipinski definition) is 2. The molecule has 2 N–H and O–H groups in total. The number of carbonyl (C=O) groups is 1. The quantitative estimate of drug-likeness (QED) is 0.403. The number of benzene rings is 3. The fraction of sp³-hybridized carbons (Fsp3) is 0.174. The number of aryl methyl sites for hydroxylation is 1. The number of nitrogens with one attached hydrogen (secondary N) is 2. The van der Waals surface area contributed by atoms with Crippen LogP contribution in [0.2, 0.25) is 5.02 Å². The monoisotopic (exact) mass is 490 g/mol. The minimum atomic E-state index is -3.79. The number of amides is 1. The largest absolute Gasteiger partial charge is 0.497 e. The van der Waals surface area contributed by atoms with Crippen LogP contribution in [0.3, 0.4) is 0 Å². The molecule has 0 aromatic heterocycles. The number of rotatable bonds is 8. The third-order valence-corrected chi connectivity index (χ3v) is 7.51. The van der Waals surface area contributed by atoms with E-state index in [9.17, 15) is 13.2 Å². The molecule has 0 aliphatic carbocycles. The molecule has 3 aromatic rings. The highest BCUT2D eigenvalue weighted by molar-refractivity contribution is 8.00. The number of sulfonamides is 1. The van der Waals surface area contributed by atoms with Gasteiger partial charge in [0.2, 0.25) is 5.91 Å². The third kappa shape index (κ3) is 6.18. The molecule has 0 heterocycles. The molecule has 6 nitrogen and oxygen atoms in total. The van der Waals surface area contributed by atoms with E-state index >= 15 is 0 Å². The van der Waals surface area contributed by atoms with Gasteiger partial charge in [-0.2, -0.15) is 0 Å². The lowest BCUT2D eigenvalue weighted by Crippen LogP contribution is -2.22. The van der Waals surface area contributed by atoms with Gasteiger partial charge in [-0.3, -0.25) is 9.52 Å². The standard InChI is InChI=1S/C23H23ClN2O4S2/c1-15-4-5-18(14-22(15)24)26-32(28,29)21-12-6-17(7-13-21)25-23(27)16(2)31-20-10-8-19(30-3)9-11-20/h4-14,16,26H,1-3H3,(H,25,27)/t16-/m0/s1. The minimum absolute atomic E-state index is 0.0767. The molecule has 0 saturated carbocycles. The van der Waals surface area contributed by atoms with Crippen molar-refractivity contribution in [2.45, 2.75) is 28.9 Å². The lowest BCUT2D eigenvalue weighted by atomic mass is 10.2. The van der Waals surface area contributed by atoms with Crippen molar-refractivity contribution in [3.05, 3.63) is 77.3 Å². The summed E-state index contributed by atoms with van der Waals surface area (Å²) in [6, 6.07) is 18.4. The van der Waals surface area contributed by atoms with Crippen LogP contribution in [0, 0.1) is 6.92 Å². The molecular formula is C23H23ClN2O4S2. The van der Waals surface area contributed by atoms with E-state index in [0.29, 0.717) is 16.4 Å². The molecule has 3 rings (SSSR count). The van der Waals surface area contributed by atoms with Crippen LogP contribution in [0.5, 0.6) is 5.75 Å². The molecule has 1 atom stereocenters. The summed E-state index contributed by atoms with van der Waals surface area (Å²) in [6.07, 6.45) is 0. The maximum absolute atomic E-state index is 12.6. The number of carbonyl (C=O) groups excluding carboxylic acids is 1. The number of thioether (sulfide) groups is 1. The Balaban J connectivity index is 1.62. The van der Waals surface area contributed by atoms with Gasteiger partial charge < -0.3 is 10.1 Å². The van der Waals surface area contributed by atoms with Crippen molar-refractivity contribution >= 4 is 50.7 Å². The number of hydrogen-bond acceptors (Lipinski definition) is 5. The average Bonchev–Trinajstić information content (AvgIpc) is 2.77. The Morgan fingerprint density at radius 3 is 2.22 bits per heavy atom. The Hall–Kier alpha value is -2.68. The maximum atomic E-state index is 12.6. The Labute approximate surface area is 197 Å². The Morgan fingerprint density at radius 1 is 1.00 bits per heavy atom. The van der Waals surface area contributed by atoms with E-state index in [1.165, 1.54) is 23.9 Å². The van der Waals surface area contributed by atoms with E-state index in [2.05, 4.69) is 10.0 Å². The van der Waals surface area contributed by atoms with Crippen molar-refractivity contribution in [2.75, 3.05) is 17.1 Å². The van der Waals surface area contributed by atoms with Gasteiger partial charge in [0.25, 0.3) is 10.0 Å². The molecule has 168 valence electrons. The Bertz CT molecular complexity index is 1200. The zero-order chi connectivity index (χ0) is 23.3. The van der Waals surface area contributed by atoms with Gasteiger partial charge in [-0.1, -0.05) is 17.7 Å². The van der Waals surface area contributed by atoms with E-state index in [-0.39, 0.29) is 16.1 Å². The molecular weight excluding hydrogens is 468 g/mol. The summed E-state index contributed by atoms with van der Waals surface area (Å²) in [6.45, 7) is 3.64. The highest BCUT2D eigenvalue weighted by Crippen LogP contribution is 2.27. The first-order chi connectivity index (χ1) is 15.2. The molecule has 0 saturated heterocycles. The molecule has 0 aliphatic heterocycles. The van der Waals surface area contributed by atoms with Crippen LogP contribution in [0.25, 0.3) is 0 Å².